The Kier molecular flexibility index (Phi) is 3.53. The summed E-state index contributed by atoms with van der Waals surface area (Å²) in [6.07, 6.45) is 0.206. The van der Waals surface area contributed by atoms with E-state index >= 15 is 0 Å². The molecule has 0 saturated carbocycles. The van der Waals surface area contributed by atoms with E-state index in [1.54, 1.807) is 6.07 Å². The van der Waals surface area contributed by atoms with Crippen molar-refractivity contribution in [2.24, 2.45) is 0 Å². The minimum absolute atomic E-state index is 0.206. The van der Waals surface area contributed by atoms with Gasteiger partial charge in [-0.1, -0.05) is 23.7 Å². The normalized spacial score (nSPS) is 10.7. The molecule has 0 radical (unpaired) electrons. The molecule has 3 nitrogen and oxygen atoms in total. The van der Waals surface area contributed by atoms with Gasteiger partial charge in [0.2, 0.25) is 0 Å². The summed E-state index contributed by atoms with van der Waals surface area (Å²) in [4.78, 5) is 15.7. The highest BCUT2D eigenvalue weighted by atomic mass is 35.5. The molecule has 1 aromatic carbocycles. The van der Waals surface area contributed by atoms with Crippen molar-refractivity contribution in [1.29, 1.82) is 0 Å². The first-order valence-electron chi connectivity index (χ1n) is 5.65. The number of fused-ring (bicyclic) bond motifs is 1. The van der Waals surface area contributed by atoms with E-state index in [0.29, 0.717) is 5.15 Å². The van der Waals surface area contributed by atoms with Gasteiger partial charge in [-0.2, -0.15) is 0 Å². The van der Waals surface area contributed by atoms with Gasteiger partial charge in [-0.15, -0.1) is 0 Å². The minimum atomic E-state index is -0.281. The zero-order valence-electron chi connectivity index (χ0n) is 10.6. The van der Waals surface area contributed by atoms with E-state index in [9.17, 15) is 4.79 Å². The van der Waals surface area contributed by atoms with Crippen LogP contribution in [0.15, 0.2) is 18.2 Å². The fraction of sp³-hybridized carbons (Fsp3) is 0.286. The predicted molar refractivity (Wildman–Crippen MR) is 71.9 cm³/mol. The number of benzene rings is 1. The van der Waals surface area contributed by atoms with Crippen LogP contribution in [0.1, 0.15) is 16.7 Å². The van der Waals surface area contributed by atoms with Gasteiger partial charge in [0.25, 0.3) is 0 Å². The number of carbonyl (C=O) groups excluding carboxylic acids is 1. The highest BCUT2D eigenvalue weighted by Gasteiger charge is 2.11. The number of hydrogen-bond acceptors (Lipinski definition) is 3. The molecule has 0 fully saturated rings. The Bertz CT molecular complexity index is 623. The monoisotopic (exact) mass is 263 g/mol. The number of pyridine rings is 1. The van der Waals surface area contributed by atoms with E-state index in [0.717, 1.165) is 27.6 Å². The maximum Gasteiger partial charge on any atom is 0.310 e. The van der Waals surface area contributed by atoms with Crippen molar-refractivity contribution in [2.45, 2.75) is 20.3 Å². The number of carbonyl (C=O) groups is 1. The van der Waals surface area contributed by atoms with Gasteiger partial charge in [0, 0.05) is 5.39 Å². The number of aryl methyl sites for hydroxylation is 2. The lowest BCUT2D eigenvalue weighted by Gasteiger charge is -2.10. The van der Waals surface area contributed by atoms with Crippen LogP contribution in [0.25, 0.3) is 10.9 Å². The molecule has 0 aliphatic carbocycles. The van der Waals surface area contributed by atoms with Gasteiger partial charge >= 0.3 is 5.97 Å². The first-order valence-corrected chi connectivity index (χ1v) is 6.03. The van der Waals surface area contributed by atoms with Gasteiger partial charge in [0.05, 0.1) is 19.0 Å². The molecule has 0 unspecified atom stereocenters. The van der Waals surface area contributed by atoms with Crippen LogP contribution in [0.5, 0.6) is 0 Å². The van der Waals surface area contributed by atoms with Crippen LogP contribution >= 0.6 is 11.6 Å². The number of rotatable bonds is 2. The molecule has 2 aromatic rings. The van der Waals surface area contributed by atoms with Crippen molar-refractivity contribution in [1.82, 2.24) is 4.98 Å². The van der Waals surface area contributed by atoms with Crippen molar-refractivity contribution in [3.05, 3.63) is 40.0 Å². The SMILES string of the molecule is COC(=O)Cc1cc(Cl)nc2c(C)c(C)ccc12. The second-order valence-corrected chi connectivity index (χ2v) is 4.65. The van der Waals surface area contributed by atoms with Crippen LogP contribution in [0.3, 0.4) is 0 Å². The average molecular weight is 264 g/mol. The molecule has 0 N–H and O–H groups in total. The summed E-state index contributed by atoms with van der Waals surface area (Å²) >= 11 is 6.01. The van der Waals surface area contributed by atoms with E-state index in [4.69, 9.17) is 16.3 Å². The van der Waals surface area contributed by atoms with E-state index < -0.39 is 0 Å². The molecule has 1 aromatic heterocycles. The first kappa shape index (κ1) is 12.8. The van der Waals surface area contributed by atoms with Crippen LogP contribution in [-0.2, 0) is 16.0 Å². The van der Waals surface area contributed by atoms with Gasteiger partial charge in [0.15, 0.2) is 0 Å². The number of aromatic nitrogens is 1. The lowest BCUT2D eigenvalue weighted by atomic mass is 10.0. The van der Waals surface area contributed by atoms with Gasteiger partial charge in [-0.3, -0.25) is 4.79 Å². The maximum atomic E-state index is 11.4. The Morgan fingerprint density at radius 3 is 2.78 bits per heavy atom. The number of nitrogens with zero attached hydrogens (tertiary/aromatic N) is 1. The summed E-state index contributed by atoms with van der Waals surface area (Å²) < 4.78 is 4.69. The molecule has 18 heavy (non-hydrogen) atoms. The van der Waals surface area contributed by atoms with Crippen molar-refractivity contribution in [2.75, 3.05) is 7.11 Å². The fourth-order valence-electron chi connectivity index (χ4n) is 1.94. The Morgan fingerprint density at radius 1 is 1.39 bits per heavy atom. The molecule has 0 atom stereocenters. The van der Waals surface area contributed by atoms with E-state index in [2.05, 4.69) is 4.98 Å². The van der Waals surface area contributed by atoms with Crippen molar-refractivity contribution in [3.63, 3.8) is 0 Å². The maximum absolute atomic E-state index is 11.4. The van der Waals surface area contributed by atoms with Gasteiger partial charge in [-0.25, -0.2) is 4.98 Å². The molecule has 2 rings (SSSR count). The molecular formula is C14H14ClNO2. The predicted octanol–water partition coefficient (Wildman–Crippen LogP) is 3.22. The molecule has 0 bridgehead atoms. The van der Waals surface area contributed by atoms with Crippen LogP contribution in [0.2, 0.25) is 5.15 Å². The first-order chi connectivity index (χ1) is 8.52. The molecule has 0 aliphatic heterocycles. The van der Waals surface area contributed by atoms with Crippen LogP contribution in [-0.4, -0.2) is 18.1 Å². The third-order valence-electron chi connectivity index (χ3n) is 3.12. The molecular weight excluding hydrogens is 250 g/mol. The number of methoxy groups -OCH3 is 1. The fourth-order valence-corrected chi connectivity index (χ4v) is 2.15. The largest absolute Gasteiger partial charge is 0.469 e. The molecule has 0 saturated heterocycles. The number of esters is 1. The number of halogens is 1. The molecule has 0 spiro atoms. The second kappa shape index (κ2) is 4.94. The van der Waals surface area contributed by atoms with Crippen molar-refractivity contribution >= 4 is 28.5 Å². The zero-order chi connectivity index (χ0) is 13.3. The van der Waals surface area contributed by atoms with E-state index in [-0.39, 0.29) is 12.4 Å². The Morgan fingerprint density at radius 2 is 2.11 bits per heavy atom. The third-order valence-corrected chi connectivity index (χ3v) is 3.32. The third kappa shape index (κ3) is 2.31. The molecule has 1 heterocycles. The van der Waals surface area contributed by atoms with Crippen LogP contribution in [0.4, 0.5) is 0 Å². The van der Waals surface area contributed by atoms with E-state index in [1.807, 2.05) is 26.0 Å². The van der Waals surface area contributed by atoms with Crippen LogP contribution in [0, 0.1) is 13.8 Å². The van der Waals surface area contributed by atoms with Gasteiger partial charge in [-0.05, 0) is 36.6 Å². The minimum Gasteiger partial charge on any atom is -0.469 e. The Labute approximate surface area is 111 Å². The topological polar surface area (TPSA) is 39.2 Å². The Hall–Kier alpha value is -1.61. The molecule has 4 heteroatoms. The highest BCUT2D eigenvalue weighted by Crippen LogP contribution is 2.26. The lowest BCUT2D eigenvalue weighted by molar-refractivity contribution is -0.139. The summed E-state index contributed by atoms with van der Waals surface area (Å²) in [7, 11) is 1.38. The standard InChI is InChI=1S/C14H14ClNO2/c1-8-4-5-11-10(7-13(17)18-3)6-12(15)16-14(11)9(8)2/h4-6H,7H2,1-3H3. The second-order valence-electron chi connectivity index (χ2n) is 4.26. The van der Waals surface area contributed by atoms with Crippen molar-refractivity contribution < 1.29 is 9.53 Å². The molecule has 94 valence electrons. The van der Waals surface area contributed by atoms with Crippen molar-refractivity contribution in [3.8, 4) is 0 Å². The number of ether oxygens (including phenoxy) is 1. The smallest absolute Gasteiger partial charge is 0.310 e. The average Bonchev–Trinajstić information content (AvgIpc) is 2.34. The summed E-state index contributed by atoms with van der Waals surface area (Å²) in [5.74, 6) is -0.281. The quantitative estimate of drug-likeness (QED) is 0.617. The molecule has 0 amide bonds. The summed E-state index contributed by atoms with van der Waals surface area (Å²) in [6.45, 7) is 4.03. The highest BCUT2D eigenvalue weighted by molar-refractivity contribution is 6.30. The van der Waals surface area contributed by atoms with Crippen LogP contribution < -0.4 is 0 Å². The number of hydrogen-bond donors (Lipinski definition) is 0. The molecule has 0 aliphatic rings. The van der Waals surface area contributed by atoms with Gasteiger partial charge < -0.3 is 4.74 Å². The zero-order valence-corrected chi connectivity index (χ0v) is 11.3. The van der Waals surface area contributed by atoms with E-state index in [1.165, 1.54) is 7.11 Å². The summed E-state index contributed by atoms with van der Waals surface area (Å²) in [5, 5.41) is 1.35. The Balaban J connectivity index is 2.66. The summed E-state index contributed by atoms with van der Waals surface area (Å²) in [5.41, 5.74) is 3.93. The summed E-state index contributed by atoms with van der Waals surface area (Å²) in [6, 6.07) is 5.71. The lowest BCUT2D eigenvalue weighted by Crippen LogP contribution is -2.05. The van der Waals surface area contributed by atoms with Gasteiger partial charge in [0.1, 0.15) is 5.15 Å².